The minimum absolute atomic E-state index is 0.114. The summed E-state index contributed by atoms with van der Waals surface area (Å²) < 4.78 is 5.29. The Morgan fingerprint density at radius 3 is 2.93 bits per heavy atom. The molecule has 0 aliphatic carbocycles. The molecule has 0 fully saturated rings. The van der Waals surface area contributed by atoms with E-state index in [9.17, 15) is 10.1 Å². The number of nitro groups is 1. The summed E-state index contributed by atoms with van der Waals surface area (Å²) in [7, 11) is 0. The van der Waals surface area contributed by atoms with Gasteiger partial charge >= 0.3 is 0 Å². The largest absolute Gasteiger partial charge is 0.494 e. The number of benzene rings is 1. The summed E-state index contributed by atoms with van der Waals surface area (Å²) in [6.07, 6.45) is 1.52. The summed E-state index contributed by atoms with van der Waals surface area (Å²) in [4.78, 5) is 10.0. The molecule has 15 heavy (non-hydrogen) atoms. The van der Waals surface area contributed by atoms with E-state index in [4.69, 9.17) is 4.74 Å². The Balaban J connectivity index is 2.91. The zero-order chi connectivity index (χ0) is 11.3. The smallest absolute Gasteiger partial charge is 0.243 e. The van der Waals surface area contributed by atoms with Gasteiger partial charge in [0.15, 0.2) is 0 Å². The second-order valence-electron chi connectivity index (χ2n) is 3.05. The van der Waals surface area contributed by atoms with Gasteiger partial charge in [-0.1, -0.05) is 12.1 Å². The van der Waals surface area contributed by atoms with Crippen LogP contribution in [-0.2, 0) is 0 Å². The van der Waals surface area contributed by atoms with Crippen molar-refractivity contribution in [2.24, 2.45) is 0 Å². The summed E-state index contributed by atoms with van der Waals surface area (Å²) >= 11 is 0. The Kier molecular flexibility index (Phi) is 3.85. The molecule has 0 N–H and O–H groups in total. The summed E-state index contributed by atoms with van der Waals surface area (Å²) in [5, 5.41) is 10.4. The molecular formula is C11H13NO3. The van der Waals surface area contributed by atoms with Gasteiger partial charge in [0.2, 0.25) is 5.70 Å². The zero-order valence-electron chi connectivity index (χ0n) is 8.77. The third kappa shape index (κ3) is 3.42. The molecule has 0 atom stereocenters. The highest BCUT2D eigenvalue weighted by Gasteiger charge is 2.02. The highest BCUT2D eigenvalue weighted by Crippen LogP contribution is 2.15. The first-order valence-corrected chi connectivity index (χ1v) is 4.69. The third-order valence-electron chi connectivity index (χ3n) is 1.83. The van der Waals surface area contributed by atoms with Gasteiger partial charge in [-0.15, -0.1) is 0 Å². The third-order valence-corrected chi connectivity index (χ3v) is 1.83. The average Bonchev–Trinajstić information content (AvgIpc) is 2.18. The van der Waals surface area contributed by atoms with E-state index in [-0.39, 0.29) is 5.70 Å². The van der Waals surface area contributed by atoms with Gasteiger partial charge in [-0.3, -0.25) is 10.1 Å². The number of nitrogens with zero attached hydrogens (tertiary/aromatic N) is 1. The quantitative estimate of drug-likeness (QED) is 0.563. The lowest BCUT2D eigenvalue weighted by Crippen LogP contribution is -1.94. The second kappa shape index (κ2) is 5.14. The molecule has 0 aliphatic heterocycles. The van der Waals surface area contributed by atoms with Crippen LogP contribution in [0.5, 0.6) is 5.75 Å². The van der Waals surface area contributed by atoms with Crippen molar-refractivity contribution in [2.75, 3.05) is 6.61 Å². The van der Waals surface area contributed by atoms with Crippen LogP contribution in [0.25, 0.3) is 6.08 Å². The van der Waals surface area contributed by atoms with Crippen molar-refractivity contribution in [3.05, 3.63) is 45.6 Å². The molecule has 0 saturated carbocycles. The maximum atomic E-state index is 10.4. The monoisotopic (exact) mass is 207 g/mol. The minimum Gasteiger partial charge on any atom is -0.494 e. The van der Waals surface area contributed by atoms with E-state index in [1.807, 2.05) is 19.1 Å². The van der Waals surface area contributed by atoms with E-state index >= 15 is 0 Å². The van der Waals surface area contributed by atoms with Crippen LogP contribution in [0.1, 0.15) is 19.4 Å². The lowest BCUT2D eigenvalue weighted by molar-refractivity contribution is -0.422. The highest BCUT2D eigenvalue weighted by molar-refractivity contribution is 5.52. The maximum absolute atomic E-state index is 10.4. The molecule has 4 nitrogen and oxygen atoms in total. The fourth-order valence-electron chi connectivity index (χ4n) is 1.15. The average molecular weight is 207 g/mol. The molecule has 0 saturated heterocycles. The molecule has 1 aromatic carbocycles. The Morgan fingerprint density at radius 1 is 1.60 bits per heavy atom. The normalized spacial score (nSPS) is 11.2. The van der Waals surface area contributed by atoms with Gasteiger partial charge in [0.1, 0.15) is 5.75 Å². The van der Waals surface area contributed by atoms with Crippen molar-refractivity contribution < 1.29 is 9.66 Å². The van der Waals surface area contributed by atoms with Crippen LogP contribution < -0.4 is 4.74 Å². The summed E-state index contributed by atoms with van der Waals surface area (Å²) in [6.45, 7) is 3.94. The van der Waals surface area contributed by atoms with Gasteiger partial charge in [0.05, 0.1) is 11.5 Å². The SMILES string of the molecule is CCOc1cccc(/C=C(\C)[N+](=O)[O-])c1. The van der Waals surface area contributed by atoms with Crippen LogP contribution >= 0.6 is 0 Å². The molecule has 0 bridgehead atoms. The number of hydrogen-bond acceptors (Lipinski definition) is 3. The van der Waals surface area contributed by atoms with Crippen molar-refractivity contribution >= 4 is 6.08 Å². The van der Waals surface area contributed by atoms with Crippen LogP contribution in [-0.4, -0.2) is 11.5 Å². The number of ether oxygens (including phenoxy) is 1. The highest BCUT2D eigenvalue weighted by atomic mass is 16.6. The number of hydrogen-bond donors (Lipinski definition) is 0. The molecule has 0 unspecified atom stereocenters. The molecule has 0 heterocycles. The maximum Gasteiger partial charge on any atom is 0.243 e. The molecule has 0 amide bonds. The molecule has 4 heteroatoms. The van der Waals surface area contributed by atoms with Crippen LogP contribution in [0.2, 0.25) is 0 Å². The van der Waals surface area contributed by atoms with E-state index in [0.29, 0.717) is 6.61 Å². The lowest BCUT2D eigenvalue weighted by atomic mass is 10.2. The molecule has 0 radical (unpaired) electrons. The summed E-state index contributed by atoms with van der Waals surface area (Å²) in [5.74, 6) is 0.724. The summed E-state index contributed by atoms with van der Waals surface area (Å²) in [6, 6.07) is 7.21. The molecule has 0 spiro atoms. The fourth-order valence-corrected chi connectivity index (χ4v) is 1.15. The van der Waals surface area contributed by atoms with Crippen LogP contribution in [0.15, 0.2) is 30.0 Å². The molecule has 0 aliphatic rings. The predicted octanol–water partition coefficient (Wildman–Crippen LogP) is 2.72. The van der Waals surface area contributed by atoms with Gasteiger partial charge in [0.25, 0.3) is 0 Å². The van der Waals surface area contributed by atoms with Crippen molar-refractivity contribution in [2.45, 2.75) is 13.8 Å². The number of allylic oxidation sites excluding steroid dienone is 1. The molecule has 80 valence electrons. The van der Waals surface area contributed by atoms with Crippen molar-refractivity contribution in [1.29, 1.82) is 0 Å². The van der Waals surface area contributed by atoms with Gasteiger partial charge in [-0.25, -0.2) is 0 Å². The van der Waals surface area contributed by atoms with Gasteiger partial charge in [-0.05, 0) is 24.6 Å². The standard InChI is InChI=1S/C11H13NO3/c1-3-15-11-6-4-5-10(8-11)7-9(2)12(13)14/h4-8H,3H2,1-2H3/b9-7+. The van der Waals surface area contributed by atoms with Crippen molar-refractivity contribution in [3.63, 3.8) is 0 Å². The van der Waals surface area contributed by atoms with Crippen molar-refractivity contribution in [3.8, 4) is 5.75 Å². The Labute approximate surface area is 88.3 Å². The predicted molar refractivity (Wildman–Crippen MR) is 58.3 cm³/mol. The Morgan fingerprint density at radius 2 is 2.33 bits per heavy atom. The van der Waals surface area contributed by atoms with E-state index in [1.54, 1.807) is 12.1 Å². The first kappa shape index (κ1) is 11.2. The van der Waals surface area contributed by atoms with Crippen LogP contribution in [0, 0.1) is 10.1 Å². The van der Waals surface area contributed by atoms with E-state index in [0.717, 1.165) is 11.3 Å². The first-order valence-electron chi connectivity index (χ1n) is 4.69. The molecule has 1 aromatic rings. The first-order chi connectivity index (χ1) is 7.13. The molecule has 1 rings (SSSR count). The lowest BCUT2D eigenvalue weighted by Gasteiger charge is -2.02. The van der Waals surface area contributed by atoms with Crippen LogP contribution in [0.4, 0.5) is 0 Å². The summed E-state index contributed by atoms with van der Waals surface area (Å²) in [5.41, 5.74) is 0.888. The number of rotatable bonds is 4. The van der Waals surface area contributed by atoms with Gasteiger partial charge in [-0.2, -0.15) is 0 Å². The topological polar surface area (TPSA) is 52.4 Å². The fraction of sp³-hybridized carbons (Fsp3) is 0.273. The Bertz CT molecular complexity index is 385. The van der Waals surface area contributed by atoms with Crippen molar-refractivity contribution in [1.82, 2.24) is 0 Å². The van der Waals surface area contributed by atoms with E-state index in [1.165, 1.54) is 13.0 Å². The van der Waals surface area contributed by atoms with E-state index in [2.05, 4.69) is 0 Å². The second-order valence-corrected chi connectivity index (χ2v) is 3.05. The molecule has 0 aromatic heterocycles. The minimum atomic E-state index is -0.409. The Hall–Kier alpha value is -1.84. The van der Waals surface area contributed by atoms with Crippen LogP contribution in [0.3, 0.4) is 0 Å². The van der Waals surface area contributed by atoms with Gasteiger partial charge < -0.3 is 4.74 Å². The van der Waals surface area contributed by atoms with Gasteiger partial charge in [0, 0.05) is 13.0 Å². The zero-order valence-corrected chi connectivity index (χ0v) is 8.77. The van der Waals surface area contributed by atoms with E-state index < -0.39 is 4.92 Å². The molecular weight excluding hydrogens is 194 g/mol.